The Morgan fingerprint density at radius 1 is 1.20 bits per heavy atom. The number of fused-ring (bicyclic) bond motifs is 1. The van der Waals surface area contributed by atoms with E-state index in [9.17, 15) is 4.79 Å². The molecule has 1 amide bonds. The zero-order valence-electron chi connectivity index (χ0n) is 13.9. The number of aromatic nitrogens is 2. The van der Waals surface area contributed by atoms with Crippen molar-refractivity contribution in [1.29, 1.82) is 0 Å². The van der Waals surface area contributed by atoms with Crippen LogP contribution < -0.4 is 10.6 Å². The van der Waals surface area contributed by atoms with Crippen molar-refractivity contribution in [2.45, 2.75) is 31.4 Å². The quantitative estimate of drug-likeness (QED) is 0.831. The number of amides is 1. The van der Waals surface area contributed by atoms with Gasteiger partial charge in [0.05, 0.1) is 23.2 Å². The third kappa shape index (κ3) is 3.23. The first-order chi connectivity index (χ1) is 12.2. The lowest BCUT2D eigenvalue weighted by atomic mass is 10.1. The van der Waals surface area contributed by atoms with E-state index >= 15 is 0 Å². The molecule has 1 saturated carbocycles. The number of guanidine groups is 1. The highest BCUT2D eigenvalue weighted by molar-refractivity contribution is 6.15. The standard InChI is InChI=1S/C18H19N5O2/c1-25-16-4-2-3-13(16)21-18-22-15(17(24)23-18)10-11-5-6-12-14(9-11)20-8-7-19-12/h5-10,13,16H,2-4H2,1H3,(H2,21,22,23,24)/b15-10-/t13-,16-/m0/s1. The highest BCUT2D eigenvalue weighted by Crippen LogP contribution is 2.24. The smallest absolute Gasteiger partial charge is 0.274 e. The maximum absolute atomic E-state index is 12.2. The molecule has 2 aromatic rings. The summed E-state index contributed by atoms with van der Waals surface area (Å²) in [7, 11) is 1.71. The SMILES string of the molecule is CO[C@H]1CCC[C@@H]1N=C1NC(=O)/C(=C/c2ccc3nccnc3c2)N1. The Bertz CT molecular complexity index is 877. The van der Waals surface area contributed by atoms with Crippen molar-refractivity contribution in [2.75, 3.05) is 7.11 Å². The maximum Gasteiger partial charge on any atom is 0.274 e. The van der Waals surface area contributed by atoms with E-state index in [1.807, 2.05) is 18.2 Å². The Kier molecular flexibility index (Phi) is 4.15. The molecule has 128 valence electrons. The number of carbonyl (C=O) groups excluding carboxylic acids is 1. The molecular weight excluding hydrogens is 318 g/mol. The molecule has 0 spiro atoms. The fraction of sp³-hybridized carbons (Fsp3) is 0.333. The summed E-state index contributed by atoms with van der Waals surface area (Å²) in [6.45, 7) is 0. The van der Waals surface area contributed by atoms with Crippen molar-refractivity contribution in [3.05, 3.63) is 41.9 Å². The van der Waals surface area contributed by atoms with Gasteiger partial charge in [0.25, 0.3) is 5.91 Å². The minimum absolute atomic E-state index is 0.0862. The molecule has 7 nitrogen and oxygen atoms in total. The molecule has 7 heteroatoms. The van der Waals surface area contributed by atoms with Crippen molar-refractivity contribution < 1.29 is 9.53 Å². The summed E-state index contributed by atoms with van der Waals surface area (Å²) in [5.41, 5.74) is 2.96. The van der Waals surface area contributed by atoms with Gasteiger partial charge in [-0.2, -0.15) is 0 Å². The highest BCUT2D eigenvalue weighted by Gasteiger charge is 2.29. The zero-order chi connectivity index (χ0) is 17.2. The number of hydrogen-bond acceptors (Lipinski definition) is 5. The summed E-state index contributed by atoms with van der Waals surface area (Å²) in [5.74, 6) is 0.302. The van der Waals surface area contributed by atoms with Crippen LogP contribution in [0.15, 0.2) is 41.3 Å². The number of hydrogen-bond donors (Lipinski definition) is 2. The third-order valence-corrected chi connectivity index (χ3v) is 4.55. The van der Waals surface area contributed by atoms with Gasteiger partial charge in [0.15, 0.2) is 0 Å². The minimum Gasteiger partial charge on any atom is -0.379 e. The van der Waals surface area contributed by atoms with E-state index in [1.165, 1.54) is 0 Å². The molecule has 0 unspecified atom stereocenters. The zero-order valence-corrected chi connectivity index (χ0v) is 13.9. The first kappa shape index (κ1) is 15.7. The van der Waals surface area contributed by atoms with Gasteiger partial charge in [-0.05, 0) is 43.0 Å². The maximum atomic E-state index is 12.2. The molecule has 1 aromatic heterocycles. The van der Waals surface area contributed by atoms with Crippen LogP contribution in [0.5, 0.6) is 0 Å². The van der Waals surface area contributed by atoms with Gasteiger partial charge in [0, 0.05) is 19.5 Å². The van der Waals surface area contributed by atoms with E-state index in [4.69, 9.17) is 4.74 Å². The van der Waals surface area contributed by atoms with Gasteiger partial charge in [-0.1, -0.05) is 6.07 Å². The highest BCUT2D eigenvalue weighted by atomic mass is 16.5. The Labute approximate surface area is 145 Å². The summed E-state index contributed by atoms with van der Waals surface area (Å²) in [6.07, 6.45) is 8.29. The van der Waals surface area contributed by atoms with Crippen molar-refractivity contribution in [1.82, 2.24) is 20.6 Å². The van der Waals surface area contributed by atoms with Crippen LogP contribution in [0.4, 0.5) is 0 Å². The third-order valence-electron chi connectivity index (χ3n) is 4.55. The molecular formula is C18H19N5O2. The first-order valence-electron chi connectivity index (χ1n) is 8.34. The monoisotopic (exact) mass is 337 g/mol. The molecule has 0 bridgehead atoms. The molecule has 25 heavy (non-hydrogen) atoms. The fourth-order valence-electron chi connectivity index (χ4n) is 3.29. The second-order valence-electron chi connectivity index (χ2n) is 6.19. The molecule has 0 radical (unpaired) electrons. The van der Waals surface area contributed by atoms with Crippen LogP contribution in [-0.2, 0) is 9.53 Å². The number of benzene rings is 1. The number of nitrogens with zero attached hydrogens (tertiary/aromatic N) is 3. The van der Waals surface area contributed by atoms with Crippen LogP contribution >= 0.6 is 0 Å². The largest absolute Gasteiger partial charge is 0.379 e. The number of rotatable bonds is 3. The van der Waals surface area contributed by atoms with Gasteiger partial charge in [-0.3, -0.25) is 20.1 Å². The van der Waals surface area contributed by atoms with Crippen molar-refractivity contribution >= 4 is 29.0 Å². The summed E-state index contributed by atoms with van der Waals surface area (Å²) >= 11 is 0. The number of nitrogens with one attached hydrogen (secondary N) is 2. The topological polar surface area (TPSA) is 88.5 Å². The molecule has 1 aliphatic heterocycles. The van der Waals surface area contributed by atoms with E-state index < -0.39 is 0 Å². The molecule has 4 rings (SSSR count). The predicted octanol–water partition coefficient (Wildman–Crippen LogP) is 1.61. The molecule has 2 N–H and O–H groups in total. The lowest BCUT2D eigenvalue weighted by molar-refractivity contribution is -0.115. The van der Waals surface area contributed by atoms with Crippen LogP contribution in [0, 0.1) is 0 Å². The van der Waals surface area contributed by atoms with E-state index in [0.717, 1.165) is 35.9 Å². The van der Waals surface area contributed by atoms with Crippen molar-refractivity contribution in [3.8, 4) is 0 Å². The van der Waals surface area contributed by atoms with Crippen LogP contribution in [0.3, 0.4) is 0 Å². The number of ether oxygens (including phenoxy) is 1. The van der Waals surface area contributed by atoms with Crippen LogP contribution in [0.25, 0.3) is 17.1 Å². The Hall–Kier alpha value is -2.80. The molecule has 2 atom stereocenters. The predicted molar refractivity (Wildman–Crippen MR) is 94.7 cm³/mol. The van der Waals surface area contributed by atoms with Gasteiger partial charge >= 0.3 is 0 Å². The van der Waals surface area contributed by atoms with Crippen molar-refractivity contribution in [2.24, 2.45) is 4.99 Å². The van der Waals surface area contributed by atoms with Gasteiger partial charge in [0.2, 0.25) is 5.96 Å². The molecule has 2 aliphatic rings. The first-order valence-corrected chi connectivity index (χ1v) is 8.34. The summed E-state index contributed by atoms with van der Waals surface area (Å²) in [4.78, 5) is 25.3. The fourth-order valence-corrected chi connectivity index (χ4v) is 3.29. The average Bonchev–Trinajstić information content (AvgIpc) is 3.21. The van der Waals surface area contributed by atoms with Gasteiger partial charge in [-0.15, -0.1) is 0 Å². The Balaban J connectivity index is 1.56. The molecule has 1 aromatic carbocycles. The minimum atomic E-state index is -0.190. The molecule has 2 heterocycles. The van der Waals surface area contributed by atoms with Gasteiger partial charge in [-0.25, -0.2) is 4.99 Å². The normalized spacial score (nSPS) is 26.4. The second-order valence-corrected chi connectivity index (χ2v) is 6.19. The van der Waals surface area contributed by atoms with Crippen molar-refractivity contribution in [3.63, 3.8) is 0 Å². The number of aliphatic imine (C=N–C) groups is 1. The Morgan fingerprint density at radius 3 is 2.88 bits per heavy atom. The van der Waals surface area contributed by atoms with E-state index in [1.54, 1.807) is 25.6 Å². The average molecular weight is 337 g/mol. The molecule has 1 saturated heterocycles. The van der Waals surface area contributed by atoms with Crippen LogP contribution in [-0.4, -0.2) is 41.1 Å². The van der Waals surface area contributed by atoms with Gasteiger partial charge < -0.3 is 10.1 Å². The molecule has 1 aliphatic carbocycles. The summed E-state index contributed by atoms with van der Waals surface area (Å²) < 4.78 is 5.45. The lowest BCUT2D eigenvalue weighted by Crippen LogP contribution is -2.30. The van der Waals surface area contributed by atoms with E-state index in [-0.39, 0.29) is 18.1 Å². The van der Waals surface area contributed by atoms with E-state index in [0.29, 0.717) is 11.7 Å². The van der Waals surface area contributed by atoms with Crippen LogP contribution in [0.2, 0.25) is 0 Å². The lowest BCUT2D eigenvalue weighted by Gasteiger charge is -2.14. The van der Waals surface area contributed by atoms with Crippen LogP contribution in [0.1, 0.15) is 24.8 Å². The van der Waals surface area contributed by atoms with E-state index in [2.05, 4.69) is 25.6 Å². The number of methoxy groups -OCH3 is 1. The summed E-state index contributed by atoms with van der Waals surface area (Å²) in [6, 6.07) is 5.78. The molecule has 2 fully saturated rings. The Morgan fingerprint density at radius 2 is 2.04 bits per heavy atom. The van der Waals surface area contributed by atoms with Gasteiger partial charge in [0.1, 0.15) is 5.70 Å². The number of carbonyl (C=O) groups is 1. The second kappa shape index (κ2) is 6.60. The summed E-state index contributed by atoms with van der Waals surface area (Å²) in [5, 5.41) is 5.85.